The van der Waals surface area contributed by atoms with Crippen LogP contribution in [0, 0.1) is 0 Å². The van der Waals surface area contributed by atoms with Gasteiger partial charge in [0.25, 0.3) is 0 Å². The predicted molar refractivity (Wildman–Crippen MR) is 145 cm³/mol. The molecule has 4 nitrogen and oxygen atoms in total. The molecule has 5 aromatic carbocycles. The van der Waals surface area contributed by atoms with E-state index in [2.05, 4.69) is 12.2 Å². The Morgan fingerprint density at radius 1 is 0.757 bits per heavy atom. The number of methoxy groups -OCH3 is 1. The molecule has 1 unspecified atom stereocenters. The lowest BCUT2D eigenvalue weighted by molar-refractivity contribution is 0.0717. The van der Waals surface area contributed by atoms with E-state index in [0.717, 1.165) is 33.2 Å². The average molecular weight is 485 g/mol. The fourth-order valence-corrected chi connectivity index (χ4v) is 4.81. The second-order valence-electron chi connectivity index (χ2n) is 8.86. The number of carbonyl (C=O) groups is 1. The smallest absolute Gasteiger partial charge is 0.343 e. The second-order valence-corrected chi connectivity index (χ2v) is 8.86. The quantitative estimate of drug-likeness (QED) is 0.192. The number of carbonyl (C=O) groups excluding carboxylic acids is 1. The molecule has 180 valence electrons. The molecule has 0 fully saturated rings. The second kappa shape index (κ2) is 9.32. The van der Waals surface area contributed by atoms with E-state index < -0.39 is 11.6 Å². The minimum atomic E-state index is -0.934. The van der Waals surface area contributed by atoms with Gasteiger partial charge in [0.05, 0.1) is 12.7 Å². The molecule has 1 aliphatic rings. The fraction of sp³-hybridized carbons (Fsp3) is 0.0606. The molecule has 0 aromatic heterocycles. The molecule has 4 heteroatoms. The maximum atomic E-state index is 13.1. The van der Waals surface area contributed by atoms with E-state index in [1.54, 1.807) is 19.2 Å². The van der Waals surface area contributed by atoms with E-state index >= 15 is 0 Å². The lowest BCUT2D eigenvalue weighted by Crippen LogP contribution is -2.34. The maximum absolute atomic E-state index is 13.1. The normalized spacial score (nSPS) is 16.0. The monoisotopic (exact) mass is 484 g/mol. The number of esters is 1. The number of benzene rings is 5. The molecule has 1 aliphatic heterocycles. The first kappa shape index (κ1) is 22.6. The molecule has 0 saturated carbocycles. The molecule has 0 amide bonds. The van der Waals surface area contributed by atoms with E-state index in [0.29, 0.717) is 17.1 Å². The van der Waals surface area contributed by atoms with Gasteiger partial charge in [0.2, 0.25) is 0 Å². The van der Waals surface area contributed by atoms with E-state index in [-0.39, 0.29) is 0 Å². The lowest BCUT2D eigenvalue weighted by Gasteiger charge is -2.37. The zero-order valence-electron chi connectivity index (χ0n) is 20.3. The highest BCUT2D eigenvalue weighted by atomic mass is 16.6. The van der Waals surface area contributed by atoms with Crippen molar-refractivity contribution in [3.63, 3.8) is 0 Å². The predicted octanol–water partition coefficient (Wildman–Crippen LogP) is 7.42. The van der Waals surface area contributed by atoms with E-state index in [4.69, 9.17) is 14.2 Å². The number of hydrogen-bond donors (Lipinski definition) is 0. The van der Waals surface area contributed by atoms with Crippen LogP contribution in [0.25, 0.3) is 16.8 Å². The van der Waals surface area contributed by atoms with Crippen LogP contribution >= 0.6 is 0 Å². The Morgan fingerprint density at radius 2 is 1.41 bits per heavy atom. The van der Waals surface area contributed by atoms with Gasteiger partial charge in [0.15, 0.2) is 17.1 Å². The number of hydrogen-bond acceptors (Lipinski definition) is 4. The van der Waals surface area contributed by atoms with Crippen LogP contribution in [-0.4, -0.2) is 13.1 Å². The van der Waals surface area contributed by atoms with Crippen LogP contribution in [0.1, 0.15) is 27.0 Å². The van der Waals surface area contributed by atoms with Gasteiger partial charge < -0.3 is 14.2 Å². The highest BCUT2D eigenvalue weighted by molar-refractivity contribution is 5.98. The first-order valence-electron chi connectivity index (χ1n) is 12.1. The van der Waals surface area contributed by atoms with Gasteiger partial charge in [-0.15, -0.1) is 0 Å². The molecule has 1 heterocycles. The Balaban J connectivity index is 1.54. The van der Waals surface area contributed by atoms with Crippen molar-refractivity contribution in [2.24, 2.45) is 0 Å². The lowest BCUT2D eigenvalue weighted by atomic mass is 9.83. The highest BCUT2D eigenvalue weighted by Gasteiger charge is 2.39. The summed E-state index contributed by atoms with van der Waals surface area (Å²) in [6, 6.07) is 36.7. The number of rotatable bonds is 5. The van der Waals surface area contributed by atoms with Gasteiger partial charge in [-0.1, -0.05) is 84.9 Å². The minimum Gasteiger partial charge on any atom is -0.497 e. The Hall–Kier alpha value is -4.83. The molecule has 0 bridgehead atoms. The first-order valence-corrected chi connectivity index (χ1v) is 12.1. The fourth-order valence-electron chi connectivity index (χ4n) is 4.81. The third-order valence-electron chi connectivity index (χ3n) is 6.69. The summed E-state index contributed by atoms with van der Waals surface area (Å²) in [7, 11) is 1.65. The minimum absolute atomic E-state index is 0.376. The van der Waals surface area contributed by atoms with Crippen LogP contribution in [-0.2, 0) is 5.60 Å². The summed E-state index contributed by atoms with van der Waals surface area (Å²) < 4.78 is 18.3. The molecule has 1 atom stereocenters. The molecule has 0 saturated heterocycles. The topological polar surface area (TPSA) is 44.8 Å². The Labute approximate surface area is 215 Å². The third kappa shape index (κ3) is 4.03. The van der Waals surface area contributed by atoms with Crippen molar-refractivity contribution in [2.45, 2.75) is 5.60 Å². The Bertz CT molecular complexity index is 1610. The van der Waals surface area contributed by atoms with Crippen LogP contribution < -0.4 is 14.2 Å². The van der Waals surface area contributed by atoms with E-state index in [1.807, 2.05) is 103 Å². The number of ether oxygens (including phenoxy) is 3. The Morgan fingerprint density at radius 3 is 2.14 bits per heavy atom. The van der Waals surface area contributed by atoms with E-state index in [1.165, 1.54) is 0 Å². The summed E-state index contributed by atoms with van der Waals surface area (Å²) >= 11 is 0. The van der Waals surface area contributed by atoms with Crippen molar-refractivity contribution in [3.8, 4) is 17.2 Å². The molecular formula is C33H24O4. The molecule has 6 rings (SSSR count). The van der Waals surface area contributed by atoms with Gasteiger partial charge in [0.1, 0.15) is 5.75 Å². The number of fused-ring (bicyclic) bond motifs is 3. The summed E-state index contributed by atoms with van der Waals surface area (Å²) in [5, 5.41) is 1.98. The van der Waals surface area contributed by atoms with Gasteiger partial charge in [-0.2, -0.15) is 0 Å². The highest BCUT2D eigenvalue weighted by Crippen LogP contribution is 2.48. The summed E-state index contributed by atoms with van der Waals surface area (Å²) in [4.78, 5) is 13.1. The van der Waals surface area contributed by atoms with Gasteiger partial charge in [0, 0.05) is 16.7 Å². The summed E-state index contributed by atoms with van der Waals surface area (Å²) in [6.07, 6.45) is 4.14. The molecule has 0 aliphatic carbocycles. The van der Waals surface area contributed by atoms with Crippen molar-refractivity contribution in [3.05, 3.63) is 144 Å². The van der Waals surface area contributed by atoms with Crippen molar-refractivity contribution >= 4 is 22.8 Å². The van der Waals surface area contributed by atoms with Crippen LogP contribution in [0.15, 0.2) is 121 Å². The summed E-state index contributed by atoms with van der Waals surface area (Å²) in [5.41, 5.74) is 2.29. The van der Waals surface area contributed by atoms with Crippen LogP contribution in [0.3, 0.4) is 0 Å². The SMILES string of the molecule is COc1ccc(C2(c3ccccc3)C=Cc3c(c(OC(=O)c4ccccc4)cc4ccccc34)O2)cc1. The van der Waals surface area contributed by atoms with Crippen molar-refractivity contribution < 1.29 is 19.0 Å². The van der Waals surface area contributed by atoms with Crippen LogP contribution in [0.4, 0.5) is 0 Å². The summed E-state index contributed by atoms with van der Waals surface area (Å²) in [6.45, 7) is 0. The van der Waals surface area contributed by atoms with Gasteiger partial charge >= 0.3 is 5.97 Å². The molecule has 5 aromatic rings. The third-order valence-corrected chi connectivity index (χ3v) is 6.69. The molecular weight excluding hydrogens is 460 g/mol. The van der Waals surface area contributed by atoms with Gasteiger partial charge in [-0.25, -0.2) is 4.79 Å². The molecule has 0 spiro atoms. The van der Waals surface area contributed by atoms with Crippen LogP contribution in [0.2, 0.25) is 0 Å². The zero-order valence-corrected chi connectivity index (χ0v) is 20.3. The van der Waals surface area contributed by atoms with Crippen molar-refractivity contribution in [1.82, 2.24) is 0 Å². The Kier molecular flexibility index (Phi) is 5.70. The van der Waals surface area contributed by atoms with Gasteiger partial charge in [-0.05, 0) is 53.3 Å². The standard InChI is InChI=1S/C33H24O4/c1-35-27-18-16-26(17-19-27)33(25-13-6-3-7-14-25)21-20-29-28-15-9-8-12-24(28)22-30(31(29)37-33)36-32(34)23-10-4-2-5-11-23/h2-22H,1H3. The van der Waals surface area contributed by atoms with Crippen molar-refractivity contribution in [2.75, 3.05) is 7.11 Å². The molecule has 0 N–H and O–H groups in total. The zero-order chi connectivity index (χ0) is 25.2. The molecule has 37 heavy (non-hydrogen) atoms. The summed E-state index contributed by atoms with van der Waals surface area (Å²) in [5.74, 6) is 1.22. The first-order chi connectivity index (χ1) is 18.2. The molecule has 0 radical (unpaired) electrons. The van der Waals surface area contributed by atoms with E-state index in [9.17, 15) is 4.79 Å². The van der Waals surface area contributed by atoms with Gasteiger partial charge in [-0.3, -0.25) is 0 Å². The van der Waals surface area contributed by atoms with Crippen LogP contribution in [0.5, 0.6) is 17.2 Å². The van der Waals surface area contributed by atoms with Crippen molar-refractivity contribution in [1.29, 1.82) is 0 Å². The average Bonchev–Trinajstić information content (AvgIpc) is 2.98. The maximum Gasteiger partial charge on any atom is 0.343 e. The largest absolute Gasteiger partial charge is 0.497 e.